The van der Waals surface area contributed by atoms with Gasteiger partial charge >= 0.3 is 13.7 Å². The number of ether oxygens (including phenoxy) is 2. The third-order valence-electron chi connectivity index (χ3n) is 8.08. The molecule has 0 unspecified atom stereocenters. The van der Waals surface area contributed by atoms with Crippen LogP contribution in [-0.4, -0.2) is 39.8 Å². The molecule has 2 aromatic heterocycles. The maximum atomic E-state index is 14.6. The van der Waals surface area contributed by atoms with E-state index in [1.807, 2.05) is 74.5 Å². The van der Waals surface area contributed by atoms with Crippen LogP contribution in [0, 0.1) is 0 Å². The van der Waals surface area contributed by atoms with E-state index in [0.717, 1.165) is 34.8 Å². The Morgan fingerprint density at radius 1 is 0.979 bits per heavy atom. The molecule has 0 aliphatic rings. The van der Waals surface area contributed by atoms with E-state index in [9.17, 15) is 9.36 Å². The third-order valence-corrected chi connectivity index (χ3v) is 9.70. The van der Waals surface area contributed by atoms with Gasteiger partial charge in [-0.15, -0.1) is 0 Å². The van der Waals surface area contributed by atoms with Crippen LogP contribution in [0.4, 0.5) is 5.82 Å². The smallest absolute Gasteiger partial charge is 0.459 e. The van der Waals surface area contributed by atoms with Crippen LogP contribution >= 0.6 is 7.75 Å². The predicted molar refractivity (Wildman–Crippen MR) is 187 cm³/mol. The number of para-hydroxylation sites is 2. The number of fused-ring (bicyclic) bond motifs is 3. The van der Waals surface area contributed by atoms with Crippen LogP contribution in [0.15, 0.2) is 84.9 Å². The molecular weight excluding hydrogens is 629 g/mol. The van der Waals surface area contributed by atoms with E-state index in [2.05, 4.69) is 21.6 Å². The molecule has 0 bridgehead atoms. The summed E-state index contributed by atoms with van der Waals surface area (Å²) < 4.78 is 40.4. The van der Waals surface area contributed by atoms with Crippen LogP contribution < -0.4 is 15.3 Å². The first-order valence-corrected chi connectivity index (χ1v) is 17.8. The first kappa shape index (κ1) is 35.0. The summed E-state index contributed by atoms with van der Waals surface area (Å²) in [5.41, 5.74) is 8.59. The largest absolute Gasteiger partial charge is 0.460 e. The fraction of sp³-hybridized carbons (Fsp3) is 0.361. The van der Waals surface area contributed by atoms with Crippen molar-refractivity contribution in [2.45, 2.75) is 71.8 Å². The number of nitrogens with zero attached hydrogens (tertiary/aromatic N) is 3. The lowest BCUT2D eigenvalue weighted by Gasteiger charge is -2.35. The molecule has 0 saturated heterocycles. The number of imidazole rings is 1. The second-order valence-corrected chi connectivity index (χ2v) is 13.6. The molecular formula is C36H44N5O6P. The van der Waals surface area contributed by atoms with Gasteiger partial charge in [-0.1, -0.05) is 86.5 Å². The van der Waals surface area contributed by atoms with Gasteiger partial charge in [-0.25, -0.2) is 14.5 Å². The summed E-state index contributed by atoms with van der Waals surface area (Å²) in [6.07, 6.45) is 2.39. The van der Waals surface area contributed by atoms with Crippen molar-refractivity contribution in [3.05, 3.63) is 96.3 Å². The van der Waals surface area contributed by atoms with Crippen molar-refractivity contribution < 1.29 is 27.9 Å². The highest BCUT2D eigenvalue weighted by atomic mass is 31.2. The van der Waals surface area contributed by atoms with Crippen LogP contribution in [0.2, 0.25) is 0 Å². The number of rotatable bonds is 17. The fourth-order valence-electron chi connectivity index (χ4n) is 5.60. The van der Waals surface area contributed by atoms with E-state index < -0.39 is 25.3 Å². The predicted octanol–water partition coefficient (Wildman–Crippen LogP) is 7.53. The van der Waals surface area contributed by atoms with Gasteiger partial charge in [-0.05, 0) is 51.0 Å². The molecule has 0 spiro atoms. The summed E-state index contributed by atoms with van der Waals surface area (Å²) in [6, 6.07) is 24.8. The average molecular weight is 674 g/mol. The summed E-state index contributed by atoms with van der Waals surface area (Å²) in [5.74, 6) is 0.676. The molecule has 48 heavy (non-hydrogen) atoms. The quantitative estimate of drug-likeness (QED) is 0.0752. The molecule has 0 fully saturated rings. The number of pyridine rings is 1. The van der Waals surface area contributed by atoms with Crippen molar-refractivity contribution in [1.82, 2.24) is 19.6 Å². The summed E-state index contributed by atoms with van der Waals surface area (Å²) in [4.78, 5) is 22.6. The number of nitrogens with two attached hydrogens (primary N) is 1. The summed E-state index contributed by atoms with van der Waals surface area (Å²) >= 11 is 0. The van der Waals surface area contributed by atoms with Crippen LogP contribution in [0.5, 0.6) is 5.75 Å². The zero-order valence-corrected chi connectivity index (χ0v) is 28.8. The topological polar surface area (TPSA) is 140 Å². The first-order chi connectivity index (χ1) is 23.2. The second kappa shape index (κ2) is 15.7. The maximum Gasteiger partial charge on any atom is 0.459 e. The van der Waals surface area contributed by atoms with Gasteiger partial charge in [0.05, 0.1) is 23.2 Å². The van der Waals surface area contributed by atoms with Crippen molar-refractivity contribution in [1.29, 1.82) is 0 Å². The molecule has 0 amide bonds. The minimum Gasteiger partial charge on any atom is -0.460 e. The first-order valence-electron chi connectivity index (χ1n) is 16.3. The molecule has 2 heterocycles. The van der Waals surface area contributed by atoms with Crippen LogP contribution in [0.25, 0.3) is 21.9 Å². The van der Waals surface area contributed by atoms with Gasteiger partial charge in [-0.3, -0.25) is 9.32 Å². The molecule has 0 aliphatic carbocycles. The molecule has 5 rings (SSSR count). The van der Waals surface area contributed by atoms with Gasteiger partial charge in [0.2, 0.25) is 0 Å². The van der Waals surface area contributed by atoms with Crippen LogP contribution in [-0.2, 0) is 42.1 Å². The Labute approximate surface area is 281 Å². The van der Waals surface area contributed by atoms with Crippen molar-refractivity contribution in [2.24, 2.45) is 0 Å². The van der Waals surface area contributed by atoms with Gasteiger partial charge in [0.15, 0.2) is 5.82 Å². The summed E-state index contributed by atoms with van der Waals surface area (Å²) in [7, 11) is -4.18. The van der Waals surface area contributed by atoms with Gasteiger partial charge in [-0.2, -0.15) is 5.09 Å². The molecule has 3 N–H and O–H groups in total. The highest BCUT2D eigenvalue weighted by molar-refractivity contribution is 7.52. The molecule has 0 saturated carbocycles. The fourth-order valence-corrected chi connectivity index (χ4v) is 7.21. The summed E-state index contributed by atoms with van der Waals surface area (Å²) in [5, 5.41) is 3.71. The molecule has 11 nitrogen and oxygen atoms in total. The van der Waals surface area contributed by atoms with E-state index in [1.54, 1.807) is 31.2 Å². The van der Waals surface area contributed by atoms with Crippen LogP contribution in [0.3, 0.4) is 0 Å². The normalized spacial score (nSPS) is 14.8. The van der Waals surface area contributed by atoms with Gasteiger partial charge < -0.3 is 24.3 Å². The number of nitrogen functional groups attached to an aromatic ring is 1. The monoisotopic (exact) mass is 673 g/mol. The van der Waals surface area contributed by atoms with Gasteiger partial charge in [0.1, 0.15) is 36.3 Å². The molecule has 0 radical (unpaired) electrons. The SMILES string of the molecule is CCCC[C@](C)(CO[P@](=O)(N[C@@H](C)C(=O)OCc1ccccc1)Oc1ccccc1)n1c(COCC)nc2c(N)nc3ccccc3c21. The zero-order valence-electron chi connectivity index (χ0n) is 27.9. The highest BCUT2D eigenvalue weighted by Crippen LogP contribution is 2.47. The Hall–Kier alpha value is -4.28. The van der Waals surface area contributed by atoms with Crippen molar-refractivity contribution in [3.63, 3.8) is 0 Å². The standard InChI is InChI=1S/C36H44N5O6P/c1-5-7-22-36(4,41-31(24-44-6-2)39-32-33(41)29-20-14-15-21-30(29)38-34(32)37)25-46-48(43,47-28-18-12-9-13-19-28)40-26(3)35(42)45-23-27-16-10-8-11-17-27/h8-21,26H,5-7,22-25H2,1-4H3,(H2,37,38)(H,40,43)/t26-,36+,48+/m0/s1. The number of anilines is 1. The number of nitrogens with one attached hydrogen (secondary N) is 1. The molecule has 3 atom stereocenters. The number of esters is 1. The van der Waals surface area contributed by atoms with Crippen molar-refractivity contribution in [2.75, 3.05) is 18.9 Å². The molecule has 254 valence electrons. The van der Waals surface area contributed by atoms with Crippen molar-refractivity contribution >= 4 is 41.5 Å². The molecule has 12 heteroatoms. The minimum atomic E-state index is -4.18. The number of hydrogen-bond donors (Lipinski definition) is 2. The Kier molecular flexibility index (Phi) is 11.5. The Balaban J connectivity index is 1.51. The highest BCUT2D eigenvalue weighted by Gasteiger charge is 2.39. The Bertz CT molecular complexity index is 1870. The van der Waals surface area contributed by atoms with Gasteiger partial charge in [0.25, 0.3) is 0 Å². The van der Waals surface area contributed by atoms with E-state index in [4.69, 9.17) is 29.2 Å². The van der Waals surface area contributed by atoms with E-state index in [-0.39, 0.29) is 19.8 Å². The number of carbonyl (C=O) groups excluding carboxylic acids is 1. The zero-order chi connectivity index (χ0) is 34.1. The average Bonchev–Trinajstić information content (AvgIpc) is 3.50. The number of carbonyl (C=O) groups is 1. The minimum absolute atomic E-state index is 0.0585. The third kappa shape index (κ3) is 8.22. The lowest BCUT2D eigenvalue weighted by Crippen LogP contribution is -2.39. The number of benzene rings is 3. The molecule has 3 aromatic carbocycles. The second-order valence-electron chi connectivity index (χ2n) is 11.9. The van der Waals surface area contributed by atoms with E-state index in [1.165, 1.54) is 0 Å². The molecule has 0 aliphatic heterocycles. The lowest BCUT2D eigenvalue weighted by molar-refractivity contribution is -0.146. The molecule has 5 aromatic rings. The van der Waals surface area contributed by atoms with E-state index in [0.29, 0.717) is 35.9 Å². The Morgan fingerprint density at radius 2 is 1.67 bits per heavy atom. The number of aromatic nitrogens is 3. The van der Waals surface area contributed by atoms with Crippen molar-refractivity contribution in [3.8, 4) is 5.75 Å². The number of unbranched alkanes of at least 4 members (excludes halogenated alkanes) is 1. The Morgan fingerprint density at radius 3 is 2.38 bits per heavy atom. The number of hydrogen-bond acceptors (Lipinski definition) is 9. The van der Waals surface area contributed by atoms with Crippen LogP contribution in [0.1, 0.15) is 58.3 Å². The summed E-state index contributed by atoms with van der Waals surface area (Å²) in [6.45, 7) is 8.37. The lowest BCUT2D eigenvalue weighted by atomic mass is 9.94. The van der Waals surface area contributed by atoms with Gasteiger partial charge in [0, 0.05) is 12.0 Å². The maximum absolute atomic E-state index is 14.6. The van der Waals surface area contributed by atoms with E-state index >= 15 is 0 Å².